The zero-order valence-corrected chi connectivity index (χ0v) is 13.5. The van der Waals surface area contributed by atoms with E-state index in [0.717, 1.165) is 0 Å². The molecule has 0 aromatic rings. The summed E-state index contributed by atoms with van der Waals surface area (Å²) < 4.78 is 0. The van der Waals surface area contributed by atoms with Crippen molar-refractivity contribution in [3.8, 4) is 0 Å². The molecule has 0 radical (unpaired) electrons. The smallest absolute Gasteiger partial charge is 0.330 e. The summed E-state index contributed by atoms with van der Waals surface area (Å²) >= 11 is 4.45. The van der Waals surface area contributed by atoms with Crippen molar-refractivity contribution < 1.29 is 24.9 Å². The van der Waals surface area contributed by atoms with Gasteiger partial charge in [-0.15, -0.1) is 0 Å². The number of allylic oxidation sites excluding steroid dienone is 1. The number of aliphatic hydroxyl groups excluding tert-OH is 1. The van der Waals surface area contributed by atoms with Gasteiger partial charge in [0, 0.05) is 28.9 Å². The molecule has 0 heterocycles. The summed E-state index contributed by atoms with van der Waals surface area (Å²) in [6, 6.07) is 0. The number of carboxylic acids is 2. The Kier molecular flexibility index (Phi) is 9.05. The van der Waals surface area contributed by atoms with Crippen LogP contribution in [0.1, 0.15) is 33.6 Å². The Morgan fingerprint density at radius 1 is 1.05 bits per heavy atom. The van der Waals surface area contributed by atoms with Crippen LogP contribution in [0.3, 0.4) is 0 Å². The Morgan fingerprint density at radius 3 is 1.95 bits per heavy atom. The molecule has 0 fully saturated rings. The SMILES string of the molecule is CC(=CC(C)CC(S)CC(C=C(C)C(=O)O)CO)C(=O)O. The molecule has 0 aromatic heterocycles. The number of aliphatic hydroxyl groups is 1. The number of hydrogen-bond acceptors (Lipinski definition) is 4. The molecule has 0 aromatic carbocycles. The molecule has 0 aliphatic heterocycles. The van der Waals surface area contributed by atoms with Crippen molar-refractivity contribution in [1.82, 2.24) is 0 Å². The fourth-order valence-corrected chi connectivity index (χ4v) is 2.66. The molecule has 0 amide bonds. The van der Waals surface area contributed by atoms with Crippen LogP contribution < -0.4 is 0 Å². The molecule has 0 rings (SSSR count). The number of aliphatic carboxylic acids is 2. The fraction of sp³-hybridized carbons (Fsp3) is 0.600. The summed E-state index contributed by atoms with van der Waals surface area (Å²) in [5.41, 5.74) is 0.493. The molecule has 0 spiro atoms. The van der Waals surface area contributed by atoms with Crippen LogP contribution >= 0.6 is 12.6 Å². The topological polar surface area (TPSA) is 94.8 Å². The predicted octanol–water partition coefficient (Wildman–Crippen LogP) is 2.37. The van der Waals surface area contributed by atoms with E-state index in [0.29, 0.717) is 18.4 Å². The van der Waals surface area contributed by atoms with E-state index < -0.39 is 11.9 Å². The molecule has 0 aliphatic carbocycles. The van der Waals surface area contributed by atoms with E-state index >= 15 is 0 Å². The Balaban J connectivity index is 4.56. The van der Waals surface area contributed by atoms with E-state index in [-0.39, 0.29) is 29.3 Å². The van der Waals surface area contributed by atoms with Crippen LogP contribution in [-0.4, -0.2) is 39.1 Å². The summed E-state index contributed by atoms with van der Waals surface area (Å²) in [5.74, 6) is -2.16. The second kappa shape index (κ2) is 9.63. The average Bonchev–Trinajstić information content (AvgIpc) is 2.36. The largest absolute Gasteiger partial charge is 0.478 e. The van der Waals surface area contributed by atoms with Gasteiger partial charge in [-0.1, -0.05) is 19.1 Å². The van der Waals surface area contributed by atoms with Gasteiger partial charge in [0.1, 0.15) is 0 Å². The molecular weight excluding hydrogens is 292 g/mol. The second-order valence-corrected chi connectivity index (χ2v) is 6.09. The molecule has 3 atom stereocenters. The first-order chi connectivity index (χ1) is 9.67. The van der Waals surface area contributed by atoms with E-state index in [9.17, 15) is 14.7 Å². The maximum Gasteiger partial charge on any atom is 0.330 e. The van der Waals surface area contributed by atoms with E-state index in [4.69, 9.17) is 10.2 Å². The fourth-order valence-electron chi connectivity index (χ4n) is 2.06. The van der Waals surface area contributed by atoms with Crippen molar-refractivity contribution in [2.24, 2.45) is 11.8 Å². The van der Waals surface area contributed by atoms with E-state index in [1.165, 1.54) is 13.0 Å². The number of rotatable bonds is 9. The van der Waals surface area contributed by atoms with E-state index in [1.54, 1.807) is 13.0 Å². The molecule has 120 valence electrons. The van der Waals surface area contributed by atoms with Crippen molar-refractivity contribution in [2.45, 2.75) is 38.9 Å². The summed E-state index contributed by atoms with van der Waals surface area (Å²) in [6.07, 6.45) is 4.41. The Hall–Kier alpha value is -1.27. The Bertz CT molecular complexity index is 428. The molecular formula is C15H24O5S. The summed E-state index contributed by atoms with van der Waals surface area (Å²) in [5, 5.41) is 26.9. The van der Waals surface area contributed by atoms with Crippen LogP contribution in [0.15, 0.2) is 23.3 Å². The first kappa shape index (κ1) is 19.7. The highest BCUT2D eigenvalue weighted by atomic mass is 32.1. The van der Waals surface area contributed by atoms with Crippen LogP contribution in [0.2, 0.25) is 0 Å². The number of carboxylic acid groups (broad SMARTS) is 2. The van der Waals surface area contributed by atoms with Gasteiger partial charge < -0.3 is 15.3 Å². The third kappa shape index (κ3) is 8.57. The first-order valence-electron chi connectivity index (χ1n) is 6.79. The van der Waals surface area contributed by atoms with Gasteiger partial charge in [0.2, 0.25) is 0 Å². The minimum Gasteiger partial charge on any atom is -0.478 e. The zero-order valence-electron chi connectivity index (χ0n) is 12.6. The van der Waals surface area contributed by atoms with Crippen molar-refractivity contribution >= 4 is 24.6 Å². The quantitative estimate of drug-likeness (QED) is 0.387. The molecule has 0 saturated carbocycles. The van der Waals surface area contributed by atoms with E-state index in [2.05, 4.69) is 12.6 Å². The maximum atomic E-state index is 10.8. The standard InChI is InChI=1S/C15H24O5S/c1-9(4-10(2)14(17)18)5-13(21)7-12(8-16)6-11(3)15(19)20/h4,6,9,12-13,16,21H,5,7-8H2,1-3H3,(H,17,18)(H,19,20). The van der Waals surface area contributed by atoms with Crippen LogP contribution in [0.4, 0.5) is 0 Å². The van der Waals surface area contributed by atoms with Crippen LogP contribution in [0, 0.1) is 11.8 Å². The molecule has 6 heteroatoms. The minimum atomic E-state index is -1.00. The van der Waals surface area contributed by atoms with Crippen molar-refractivity contribution in [3.63, 3.8) is 0 Å². The summed E-state index contributed by atoms with van der Waals surface area (Å²) in [4.78, 5) is 21.5. The second-order valence-electron chi connectivity index (χ2n) is 5.35. The molecule has 5 nitrogen and oxygen atoms in total. The van der Waals surface area contributed by atoms with Gasteiger partial charge in [0.25, 0.3) is 0 Å². The molecule has 3 unspecified atom stereocenters. The van der Waals surface area contributed by atoms with E-state index in [1.807, 2.05) is 6.92 Å². The normalized spacial score (nSPS) is 17.2. The third-order valence-corrected chi connectivity index (χ3v) is 3.57. The number of thiol groups is 1. The number of carbonyl (C=O) groups is 2. The van der Waals surface area contributed by atoms with Crippen molar-refractivity contribution in [2.75, 3.05) is 6.61 Å². The Labute approximate surface area is 130 Å². The lowest BCUT2D eigenvalue weighted by Gasteiger charge is -2.18. The molecule has 0 bridgehead atoms. The van der Waals surface area contributed by atoms with Gasteiger partial charge >= 0.3 is 11.9 Å². The molecule has 3 N–H and O–H groups in total. The average molecular weight is 316 g/mol. The lowest BCUT2D eigenvalue weighted by molar-refractivity contribution is -0.133. The number of hydrogen-bond donors (Lipinski definition) is 4. The summed E-state index contributed by atoms with van der Waals surface area (Å²) in [6.45, 7) is 4.80. The van der Waals surface area contributed by atoms with Crippen molar-refractivity contribution in [3.05, 3.63) is 23.3 Å². The van der Waals surface area contributed by atoms with Crippen LogP contribution in [0.25, 0.3) is 0 Å². The van der Waals surface area contributed by atoms with Gasteiger partial charge in [-0.2, -0.15) is 12.6 Å². The highest BCUT2D eigenvalue weighted by Gasteiger charge is 2.15. The highest BCUT2D eigenvalue weighted by Crippen LogP contribution is 2.22. The molecule has 0 saturated heterocycles. The molecule has 21 heavy (non-hydrogen) atoms. The van der Waals surface area contributed by atoms with Gasteiger partial charge in [-0.3, -0.25) is 0 Å². The lowest BCUT2D eigenvalue weighted by Crippen LogP contribution is -2.15. The maximum absolute atomic E-state index is 10.8. The van der Waals surface area contributed by atoms with Gasteiger partial charge in [-0.05, 0) is 32.6 Å². The predicted molar refractivity (Wildman–Crippen MR) is 84.5 cm³/mol. The lowest BCUT2D eigenvalue weighted by atomic mass is 9.95. The highest BCUT2D eigenvalue weighted by molar-refractivity contribution is 7.80. The third-order valence-electron chi connectivity index (χ3n) is 3.15. The zero-order chi connectivity index (χ0) is 16.6. The monoisotopic (exact) mass is 316 g/mol. The van der Waals surface area contributed by atoms with Gasteiger partial charge in [0.15, 0.2) is 0 Å². The Morgan fingerprint density at radius 2 is 1.52 bits per heavy atom. The van der Waals surface area contributed by atoms with Crippen LogP contribution in [0.5, 0.6) is 0 Å². The van der Waals surface area contributed by atoms with Crippen molar-refractivity contribution in [1.29, 1.82) is 0 Å². The molecule has 0 aliphatic rings. The minimum absolute atomic E-state index is 0.0483. The van der Waals surface area contributed by atoms with Crippen LogP contribution in [-0.2, 0) is 9.59 Å². The first-order valence-corrected chi connectivity index (χ1v) is 7.31. The van der Waals surface area contributed by atoms with Gasteiger partial charge in [0.05, 0.1) is 0 Å². The van der Waals surface area contributed by atoms with Gasteiger partial charge in [-0.25, -0.2) is 9.59 Å². The summed E-state index contributed by atoms with van der Waals surface area (Å²) in [7, 11) is 0.